The molecule has 2 N–H and O–H groups in total. The highest BCUT2D eigenvalue weighted by Gasteiger charge is 2.43. The van der Waals surface area contributed by atoms with Crippen molar-refractivity contribution < 1.29 is 5.11 Å². The van der Waals surface area contributed by atoms with Gasteiger partial charge in [-0.2, -0.15) is 0 Å². The standard InChI is InChI=1S/C7H13NO/c9-5-7-3-1-6(8-7)2-4-7/h6,8-9H,1-5H2/t6-,7+. The smallest absolute Gasteiger partial charge is 0.0613 e. The maximum Gasteiger partial charge on any atom is 0.0613 e. The van der Waals surface area contributed by atoms with Crippen LogP contribution in [0, 0.1) is 0 Å². The Kier molecular flexibility index (Phi) is 1.08. The average Bonchev–Trinajstić information content (AvgIpc) is 2.46. The van der Waals surface area contributed by atoms with E-state index in [0.29, 0.717) is 6.61 Å². The van der Waals surface area contributed by atoms with Crippen molar-refractivity contribution >= 4 is 0 Å². The molecule has 0 spiro atoms. The lowest BCUT2D eigenvalue weighted by Crippen LogP contribution is -2.39. The Morgan fingerprint density at radius 2 is 2.11 bits per heavy atom. The molecule has 2 heteroatoms. The van der Waals surface area contributed by atoms with Crippen molar-refractivity contribution in [2.24, 2.45) is 0 Å². The van der Waals surface area contributed by atoms with Crippen LogP contribution in [0.15, 0.2) is 0 Å². The molecule has 2 fully saturated rings. The molecule has 0 aromatic heterocycles. The molecule has 0 amide bonds. The van der Waals surface area contributed by atoms with Crippen LogP contribution in [0.1, 0.15) is 25.7 Å². The second kappa shape index (κ2) is 1.70. The van der Waals surface area contributed by atoms with Gasteiger partial charge in [0.15, 0.2) is 0 Å². The summed E-state index contributed by atoms with van der Waals surface area (Å²) in [4.78, 5) is 0. The summed E-state index contributed by atoms with van der Waals surface area (Å²) in [5.74, 6) is 0. The minimum atomic E-state index is 0.157. The van der Waals surface area contributed by atoms with Crippen molar-refractivity contribution in [1.82, 2.24) is 5.32 Å². The van der Waals surface area contributed by atoms with E-state index >= 15 is 0 Å². The van der Waals surface area contributed by atoms with E-state index in [9.17, 15) is 0 Å². The third-order valence-corrected chi connectivity index (χ3v) is 2.76. The van der Waals surface area contributed by atoms with Gasteiger partial charge in [-0.1, -0.05) is 0 Å². The van der Waals surface area contributed by atoms with Gasteiger partial charge in [-0.3, -0.25) is 0 Å². The van der Waals surface area contributed by atoms with Crippen LogP contribution in [0.3, 0.4) is 0 Å². The molecule has 9 heavy (non-hydrogen) atoms. The Balaban J connectivity index is 2.13. The number of aliphatic hydroxyl groups excluding tert-OH is 1. The molecule has 2 saturated heterocycles. The summed E-state index contributed by atoms with van der Waals surface area (Å²) in [6.07, 6.45) is 4.93. The number of hydrogen-bond acceptors (Lipinski definition) is 2. The molecular weight excluding hydrogens is 114 g/mol. The first-order valence-corrected chi connectivity index (χ1v) is 3.73. The summed E-state index contributed by atoms with van der Waals surface area (Å²) >= 11 is 0. The van der Waals surface area contributed by atoms with Crippen molar-refractivity contribution in [2.45, 2.75) is 37.3 Å². The molecule has 2 aliphatic heterocycles. The minimum absolute atomic E-state index is 0.157. The first kappa shape index (κ1) is 5.69. The Morgan fingerprint density at radius 3 is 2.33 bits per heavy atom. The maximum atomic E-state index is 8.98. The van der Waals surface area contributed by atoms with Crippen LogP contribution in [-0.4, -0.2) is 23.3 Å². The van der Waals surface area contributed by atoms with Gasteiger partial charge in [-0.25, -0.2) is 0 Å². The van der Waals surface area contributed by atoms with E-state index in [4.69, 9.17) is 5.11 Å². The highest BCUT2D eigenvalue weighted by atomic mass is 16.3. The molecule has 0 saturated carbocycles. The summed E-state index contributed by atoms with van der Waals surface area (Å²) in [5, 5.41) is 12.4. The van der Waals surface area contributed by atoms with Gasteiger partial charge >= 0.3 is 0 Å². The van der Waals surface area contributed by atoms with E-state index in [0.717, 1.165) is 6.04 Å². The molecule has 2 rings (SSSR count). The number of rotatable bonds is 1. The fraction of sp³-hybridized carbons (Fsp3) is 1.00. The first-order valence-electron chi connectivity index (χ1n) is 3.73. The van der Waals surface area contributed by atoms with Crippen molar-refractivity contribution in [1.29, 1.82) is 0 Å². The van der Waals surface area contributed by atoms with Crippen LogP contribution in [0.2, 0.25) is 0 Å². The van der Waals surface area contributed by atoms with Gasteiger partial charge in [-0.15, -0.1) is 0 Å². The molecule has 2 nitrogen and oxygen atoms in total. The van der Waals surface area contributed by atoms with Gasteiger partial charge < -0.3 is 10.4 Å². The molecule has 2 aliphatic rings. The normalized spacial score (nSPS) is 48.3. The first-order chi connectivity index (χ1) is 4.35. The highest BCUT2D eigenvalue weighted by Crippen LogP contribution is 2.36. The van der Waals surface area contributed by atoms with Crippen LogP contribution in [0.4, 0.5) is 0 Å². The Morgan fingerprint density at radius 1 is 1.44 bits per heavy atom. The molecule has 0 aromatic rings. The number of aliphatic hydroxyl groups is 1. The van der Waals surface area contributed by atoms with Gasteiger partial charge in [-0.05, 0) is 25.7 Å². The topological polar surface area (TPSA) is 32.3 Å². The molecule has 2 heterocycles. The van der Waals surface area contributed by atoms with Crippen LogP contribution in [0.5, 0.6) is 0 Å². The molecule has 0 unspecified atom stereocenters. The Labute approximate surface area is 55.3 Å². The van der Waals surface area contributed by atoms with Crippen molar-refractivity contribution in [3.8, 4) is 0 Å². The van der Waals surface area contributed by atoms with E-state index in [1.165, 1.54) is 25.7 Å². The van der Waals surface area contributed by atoms with Crippen molar-refractivity contribution in [2.75, 3.05) is 6.61 Å². The fourth-order valence-electron chi connectivity index (χ4n) is 2.10. The summed E-state index contributed by atoms with van der Waals surface area (Å²) < 4.78 is 0. The zero-order chi connectivity index (χ0) is 6.32. The summed E-state index contributed by atoms with van der Waals surface area (Å²) in [6.45, 7) is 0.337. The lowest BCUT2D eigenvalue weighted by Gasteiger charge is -2.22. The number of hydrogen-bond donors (Lipinski definition) is 2. The lowest BCUT2D eigenvalue weighted by atomic mass is 9.89. The summed E-state index contributed by atoms with van der Waals surface area (Å²) in [5.41, 5.74) is 0.157. The molecule has 2 bridgehead atoms. The van der Waals surface area contributed by atoms with Gasteiger partial charge in [0.05, 0.1) is 6.61 Å². The Hall–Kier alpha value is -0.0800. The van der Waals surface area contributed by atoms with Gasteiger partial charge in [0.25, 0.3) is 0 Å². The minimum Gasteiger partial charge on any atom is -0.394 e. The van der Waals surface area contributed by atoms with E-state index in [2.05, 4.69) is 5.32 Å². The predicted octanol–water partition coefficient (Wildman–Crippen LogP) is 0.263. The zero-order valence-corrected chi connectivity index (χ0v) is 5.56. The molecule has 0 radical (unpaired) electrons. The van der Waals surface area contributed by atoms with E-state index in [1.54, 1.807) is 0 Å². The molecule has 52 valence electrons. The monoisotopic (exact) mass is 127 g/mol. The SMILES string of the molecule is OC[C@]12CC[C@H](CC1)N2. The molecule has 0 aliphatic carbocycles. The van der Waals surface area contributed by atoms with Gasteiger partial charge in [0.2, 0.25) is 0 Å². The molecular formula is C7H13NO. The quantitative estimate of drug-likeness (QED) is 0.529. The second-order valence-electron chi connectivity index (χ2n) is 3.36. The second-order valence-corrected chi connectivity index (χ2v) is 3.36. The lowest BCUT2D eigenvalue weighted by molar-refractivity contribution is 0.183. The predicted molar refractivity (Wildman–Crippen MR) is 35.2 cm³/mol. The van der Waals surface area contributed by atoms with Crippen molar-refractivity contribution in [3.05, 3.63) is 0 Å². The highest BCUT2D eigenvalue weighted by molar-refractivity contribution is 5.03. The van der Waals surface area contributed by atoms with Crippen LogP contribution < -0.4 is 5.32 Å². The van der Waals surface area contributed by atoms with Crippen LogP contribution in [-0.2, 0) is 0 Å². The van der Waals surface area contributed by atoms with Crippen molar-refractivity contribution in [3.63, 3.8) is 0 Å². The molecule has 0 aromatic carbocycles. The average molecular weight is 127 g/mol. The van der Waals surface area contributed by atoms with Gasteiger partial charge in [0.1, 0.15) is 0 Å². The van der Waals surface area contributed by atoms with E-state index in [-0.39, 0.29) is 5.54 Å². The summed E-state index contributed by atoms with van der Waals surface area (Å²) in [7, 11) is 0. The largest absolute Gasteiger partial charge is 0.394 e. The number of fused-ring (bicyclic) bond motifs is 2. The third-order valence-electron chi connectivity index (χ3n) is 2.76. The Bertz CT molecular complexity index is 116. The van der Waals surface area contributed by atoms with Gasteiger partial charge in [0, 0.05) is 11.6 Å². The maximum absolute atomic E-state index is 8.98. The van der Waals surface area contributed by atoms with E-state index < -0.39 is 0 Å². The van der Waals surface area contributed by atoms with Crippen LogP contribution in [0.25, 0.3) is 0 Å². The molecule has 0 atom stereocenters. The van der Waals surface area contributed by atoms with E-state index in [1.807, 2.05) is 0 Å². The van der Waals surface area contributed by atoms with Crippen LogP contribution >= 0.6 is 0 Å². The fourth-order valence-corrected chi connectivity index (χ4v) is 2.10. The zero-order valence-electron chi connectivity index (χ0n) is 5.56. The number of nitrogens with one attached hydrogen (secondary N) is 1. The summed E-state index contributed by atoms with van der Waals surface area (Å²) in [6, 6.07) is 0.733. The third kappa shape index (κ3) is 0.700.